The molecule has 41 heavy (non-hydrogen) atoms. The third-order valence-corrected chi connectivity index (χ3v) is 8.42. The summed E-state index contributed by atoms with van der Waals surface area (Å²) in [6.45, 7) is 4.32. The highest BCUT2D eigenvalue weighted by atomic mass is 127. The molecule has 206 valence electrons. The van der Waals surface area contributed by atoms with E-state index < -0.39 is 0 Å². The number of ether oxygens (including phenoxy) is 2. The van der Waals surface area contributed by atoms with Crippen LogP contribution in [0.2, 0.25) is 0 Å². The van der Waals surface area contributed by atoms with Gasteiger partial charge in [-0.15, -0.1) is 0 Å². The van der Waals surface area contributed by atoms with Gasteiger partial charge in [-0.25, -0.2) is 14.2 Å². The lowest BCUT2D eigenvalue weighted by Crippen LogP contribution is -1.98. The van der Waals surface area contributed by atoms with Gasteiger partial charge >= 0.3 is 5.97 Å². The fourth-order valence-corrected chi connectivity index (χ4v) is 6.24. The van der Waals surface area contributed by atoms with E-state index in [1.807, 2.05) is 53.1 Å². The van der Waals surface area contributed by atoms with Crippen molar-refractivity contribution >= 4 is 62.5 Å². The van der Waals surface area contributed by atoms with Crippen LogP contribution in [0.5, 0.6) is 11.6 Å². The lowest BCUT2D eigenvalue weighted by atomic mass is 9.87. The molecule has 0 N–H and O–H groups in total. The zero-order valence-electron chi connectivity index (χ0n) is 22.8. The molecule has 8 heteroatoms. The Morgan fingerprint density at radius 2 is 1.78 bits per heavy atom. The van der Waals surface area contributed by atoms with Crippen molar-refractivity contribution in [3.63, 3.8) is 0 Å². The molecule has 3 aromatic carbocycles. The maximum absolute atomic E-state index is 11.8. The summed E-state index contributed by atoms with van der Waals surface area (Å²) in [5, 5.41) is 5.66. The highest BCUT2D eigenvalue weighted by Crippen LogP contribution is 2.38. The van der Waals surface area contributed by atoms with Gasteiger partial charge in [0.05, 0.1) is 24.7 Å². The largest absolute Gasteiger partial charge is 0.463 e. The summed E-state index contributed by atoms with van der Waals surface area (Å²) < 4.78 is 13.1. The second-order valence-electron chi connectivity index (χ2n) is 9.13. The van der Waals surface area contributed by atoms with Crippen molar-refractivity contribution in [3.05, 3.63) is 126 Å². The van der Waals surface area contributed by atoms with Crippen molar-refractivity contribution in [3.8, 4) is 11.6 Å². The Balaban J connectivity index is 1.61. The van der Waals surface area contributed by atoms with Crippen LogP contribution in [0.25, 0.3) is 28.1 Å². The van der Waals surface area contributed by atoms with Crippen molar-refractivity contribution in [1.82, 2.24) is 14.5 Å². The Kier molecular flexibility index (Phi) is 9.59. The minimum Gasteiger partial charge on any atom is -0.463 e. The average molecular weight is 673 g/mol. The molecule has 6 nitrogen and oxygen atoms in total. The normalized spacial score (nSPS) is 12.3. The number of allylic oxidation sites excluding steroid dienone is 1. The number of hydrogen-bond acceptors (Lipinski definition) is 5. The maximum atomic E-state index is 11.8. The van der Waals surface area contributed by atoms with Gasteiger partial charge in [0.1, 0.15) is 5.75 Å². The van der Waals surface area contributed by atoms with E-state index in [0.29, 0.717) is 18.9 Å². The topological polar surface area (TPSA) is 66.2 Å². The van der Waals surface area contributed by atoms with Crippen LogP contribution in [0.4, 0.5) is 0 Å². The highest BCUT2D eigenvalue weighted by Gasteiger charge is 2.16. The molecule has 0 saturated carbocycles. The lowest BCUT2D eigenvalue weighted by molar-refractivity contribution is -0.137. The number of carbonyl (C=O) groups excluding carboxylic acids is 1. The van der Waals surface area contributed by atoms with Crippen molar-refractivity contribution in [2.75, 3.05) is 6.61 Å². The van der Waals surface area contributed by atoms with Gasteiger partial charge in [0, 0.05) is 23.7 Å². The molecule has 0 radical (unpaired) electrons. The van der Waals surface area contributed by atoms with E-state index in [9.17, 15) is 4.79 Å². The van der Waals surface area contributed by atoms with Crippen LogP contribution in [0.1, 0.15) is 42.5 Å². The fourth-order valence-electron chi connectivity index (χ4n) is 4.69. The third-order valence-electron chi connectivity index (χ3n) is 6.53. The summed E-state index contributed by atoms with van der Waals surface area (Å²) in [6.07, 6.45) is 8.22. The molecule has 0 aliphatic rings. The van der Waals surface area contributed by atoms with E-state index in [4.69, 9.17) is 9.47 Å². The average Bonchev–Trinajstić information content (AvgIpc) is 3.42. The van der Waals surface area contributed by atoms with E-state index in [-0.39, 0.29) is 5.97 Å². The van der Waals surface area contributed by atoms with Gasteiger partial charge in [-0.1, -0.05) is 55.5 Å². The summed E-state index contributed by atoms with van der Waals surface area (Å²) in [4.78, 5) is 16.1. The standard InChI is InChI=1S/C33H29IN3O3P/c1-3-29(25-8-7-9-28(21-25)40-31-10-5-6-19-35-31)33(26-16-17-30-27(20-26)22-36-37(30)41-34)24-14-11-23(12-15-24)13-18-32(38)39-4-2/h5-22,41H,3-4H2,1-2H3/b18-13+,33-29+. The number of esters is 1. The predicted molar refractivity (Wildman–Crippen MR) is 177 cm³/mol. The van der Waals surface area contributed by atoms with Crippen LogP contribution in [0.3, 0.4) is 0 Å². The molecule has 0 amide bonds. The Hall–Kier alpha value is -3.81. The monoisotopic (exact) mass is 673 g/mol. The second kappa shape index (κ2) is 13.7. The molecule has 1 unspecified atom stereocenters. The molecule has 0 saturated heterocycles. The van der Waals surface area contributed by atoms with Crippen LogP contribution < -0.4 is 4.74 Å². The number of aromatic nitrogens is 3. The van der Waals surface area contributed by atoms with Gasteiger partial charge in [0.25, 0.3) is 0 Å². The number of carbonyl (C=O) groups is 1. The zero-order chi connectivity index (χ0) is 28.6. The third kappa shape index (κ3) is 6.92. The smallest absolute Gasteiger partial charge is 0.330 e. The molecule has 5 aromatic rings. The summed E-state index contributed by atoms with van der Waals surface area (Å²) in [5.41, 5.74) is 7.62. The van der Waals surface area contributed by atoms with Crippen molar-refractivity contribution in [1.29, 1.82) is 0 Å². The fraction of sp³-hybridized carbons (Fsp3) is 0.121. The van der Waals surface area contributed by atoms with Gasteiger partial charge in [0.15, 0.2) is 0 Å². The van der Waals surface area contributed by atoms with Gasteiger partial charge in [-0.3, -0.25) is 0 Å². The lowest BCUT2D eigenvalue weighted by Gasteiger charge is -2.17. The van der Waals surface area contributed by atoms with Crippen LogP contribution in [-0.2, 0) is 9.53 Å². The molecule has 1 atom stereocenters. The number of nitrogens with zero attached hydrogens (tertiary/aromatic N) is 3. The number of halogens is 1. The van der Waals surface area contributed by atoms with Gasteiger partial charge < -0.3 is 9.47 Å². The molecular weight excluding hydrogens is 644 g/mol. The van der Waals surface area contributed by atoms with E-state index in [1.54, 1.807) is 19.2 Å². The molecule has 2 heterocycles. The first-order chi connectivity index (χ1) is 20.1. The number of hydrogen-bond donors (Lipinski definition) is 0. The van der Waals surface area contributed by atoms with Gasteiger partial charge in [-0.2, -0.15) is 5.10 Å². The number of fused-ring (bicyclic) bond motifs is 1. The minimum atomic E-state index is -0.348. The van der Waals surface area contributed by atoms with Crippen molar-refractivity contribution < 1.29 is 14.3 Å². The van der Waals surface area contributed by atoms with Crippen LogP contribution >= 0.6 is 28.4 Å². The van der Waals surface area contributed by atoms with E-state index in [0.717, 1.165) is 50.9 Å². The Labute approximate surface area is 254 Å². The van der Waals surface area contributed by atoms with Crippen molar-refractivity contribution in [2.45, 2.75) is 20.3 Å². The molecule has 5 rings (SSSR count). The molecule has 2 aromatic heterocycles. The van der Waals surface area contributed by atoms with Gasteiger partial charge in [0.2, 0.25) is 5.88 Å². The maximum Gasteiger partial charge on any atom is 0.330 e. The molecular formula is C33H29IN3O3P. The van der Waals surface area contributed by atoms with Crippen LogP contribution in [0.15, 0.2) is 103 Å². The summed E-state index contributed by atoms with van der Waals surface area (Å²) in [5.74, 6) is 0.932. The number of benzene rings is 3. The first-order valence-electron chi connectivity index (χ1n) is 13.3. The quantitative estimate of drug-likeness (QED) is 0.0487. The summed E-state index contributed by atoms with van der Waals surface area (Å²) in [6, 6.07) is 28.5. The minimum absolute atomic E-state index is 0.348. The molecule has 0 aliphatic heterocycles. The molecule has 0 spiro atoms. The van der Waals surface area contributed by atoms with Crippen LogP contribution in [-0.4, -0.2) is 27.1 Å². The van der Waals surface area contributed by atoms with E-state index >= 15 is 0 Å². The Morgan fingerprint density at radius 3 is 2.51 bits per heavy atom. The summed E-state index contributed by atoms with van der Waals surface area (Å²) in [7, 11) is 0. The van der Waals surface area contributed by atoms with E-state index in [1.165, 1.54) is 11.6 Å². The first kappa shape index (κ1) is 28.7. The van der Waals surface area contributed by atoms with E-state index in [2.05, 4.69) is 81.5 Å². The van der Waals surface area contributed by atoms with Crippen molar-refractivity contribution in [2.24, 2.45) is 0 Å². The SMILES string of the molecule is CCOC(=O)/C=C/c1ccc(/C(=C(/CC)c2cccc(Oc3ccccn3)c2)c2ccc3c(cnn3PI)c2)cc1. The highest BCUT2D eigenvalue weighted by molar-refractivity contribution is 14.2. The molecule has 0 bridgehead atoms. The number of pyridine rings is 1. The van der Waals surface area contributed by atoms with Gasteiger partial charge in [-0.05, 0) is 105 Å². The predicted octanol–water partition coefficient (Wildman–Crippen LogP) is 8.96. The van der Waals surface area contributed by atoms with Crippen LogP contribution in [0, 0.1) is 0 Å². The second-order valence-corrected chi connectivity index (χ2v) is 11.2. The Bertz CT molecular complexity index is 1710. The zero-order valence-corrected chi connectivity index (χ0v) is 25.9. The molecule has 0 aliphatic carbocycles. The Morgan fingerprint density at radius 1 is 0.951 bits per heavy atom. The number of rotatable bonds is 10. The summed E-state index contributed by atoms with van der Waals surface area (Å²) >= 11 is 2.35. The molecule has 0 fully saturated rings. The first-order valence-corrected chi connectivity index (χ1v) is 17.4.